The van der Waals surface area contributed by atoms with Crippen molar-refractivity contribution in [1.29, 1.82) is 0 Å². The van der Waals surface area contributed by atoms with Crippen LogP contribution < -0.4 is 5.32 Å². The fourth-order valence-corrected chi connectivity index (χ4v) is 3.73. The van der Waals surface area contributed by atoms with Crippen molar-refractivity contribution in [3.63, 3.8) is 0 Å². The maximum atomic E-state index is 12.2. The third-order valence-corrected chi connectivity index (χ3v) is 5.43. The van der Waals surface area contributed by atoms with Crippen LogP contribution in [0.25, 0.3) is 11.3 Å². The minimum atomic E-state index is -0.0948. The SMILES string of the molecule is CC(C)c1ccc(-c2csc(NC(=O)CC3CCC(=O)N3C)n2)cc1. The Bertz CT molecular complexity index is 767. The Morgan fingerprint density at radius 3 is 2.68 bits per heavy atom. The molecule has 0 radical (unpaired) electrons. The molecule has 0 spiro atoms. The van der Waals surface area contributed by atoms with Crippen LogP contribution in [0.5, 0.6) is 0 Å². The van der Waals surface area contributed by atoms with Gasteiger partial charge in [-0.05, 0) is 17.9 Å². The molecule has 0 bridgehead atoms. The van der Waals surface area contributed by atoms with E-state index in [1.807, 2.05) is 5.38 Å². The van der Waals surface area contributed by atoms with Crippen LogP contribution in [0, 0.1) is 0 Å². The van der Waals surface area contributed by atoms with Crippen LogP contribution >= 0.6 is 11.3 Å². The van der Waals surface area contributed by atoms with Crippen LogP contribution in [0.15, 0.2) is 29.6 Å². The van der Waals surface area contributed by atoms with E-state index in [0.29, 0.717) is 23.9 Å². The van der Waals surface area contributed by atoms with Crippen molar-refractivity contribution in [2.45, 2.75) is 45.1 Å². The number of carbonyl (C=O) groups is 2. The average molecular weight is 357 g/mol. The van der Waals surface area contributed by atoms with Crippen molar-refractivity contribution in [2.75, 3.05) is 12.4 Å². The maximum Gasteiger partial charge on any atom is 0.228 e. The van der Waals surface area contributed by atoms with E-state index < -0.39 is 0 Å². The number of anilines is 1. The van der Waals surface area contributed by atoms with Gasteiger partial charge in [-0.1, -0.05) is 38.1 Å². The molecule has 1 aromatic carbocycles. The Morgan fingerprint density at radius 1 is 1.36 bits per heavy atom. The van der Waals surface area contributed by atoms with Gasteiger partial charge in [-0.2, -0.15) is 0 Å². The fraction of sp³-hybridized carbons (Fsp3) is 0.421. The number of aromatic nitrogens is 1. The summed E-state index contributed by atoms with van der Waals surface area (Å²) in [6, 6.07) is 8.36. The normalized spacial score (nSPS) is 17.4. The Labute approximate surface area is 152 Å². The lowest BCUT2D eigenvalue weighted by Crippen LogP contribution is -2.32. The number of hydrogen-bond acceptors (Lipinski definition) is 4. The smallest absolute Gasteiger partial charge is 0.228 e. The molecular formula is C19H23N3O2S. The van der Waals surface area contributed by atoms with Gasteiger partial charge in [0.15, 0.2) is 5.13 Å². The highest BCUT2D eigenvalue weighted by Gasteiger charge is 2.29. The molecule has 0 saturated carbocycles. The molecule has 1 unspecified atom stereocenters. The third-order valence-electron chi connectivity index (χ3n) is 4.68. The summed E-state index contributed by atoms with van der Waals surface area (Å²) in [6.45, 7) is 4.33. The van der Waals surface area contributed by atoms with Gasteiger partial charge < -0.3 is 10.2 Å². The van der Waals surface area contributed by atoms with Crippen LogP contribution in [0.1, 0.15) is 44.6 Å². The molecule has 3 rings (SSSR count). The molecule has 0 aliphatic carbocycles. The highest BCUT2D eigenvalue weighted by atomic mass is 32.1. The van der Waals surface area contributed by atoms with E-state index in [4.69, 9.17) is 0 Å². The van der Waals surface area contributed by atoms with Crippen molar-refractivity contribution in [3.8, 4) is 11.3 Å². The molecule has 1 aromatic heterocycles. The highest BCUT2D eigenvalue weighted by molar-refractivity contribution is 7.14. The molecule has 2 aromatic rings. The van der Waals surface area contributed by atoms with Crippen LogP contribution in [-0.2, 0) is 9.59 Å². The van der Waals surface area contributed by atoms with Crippen molar-refractivity contribution in [1.82, 2.24) is 9.88 Å². The summed E-state index contributed by atoms with van der Waals surface area (Å²) in [6.07, 6.45) is 1.59. The molecule has 5 nitrogen and oxygen atoms in total. The Morgan fingerprint density at radius 2 is 2.08 bits per heavy atom. The van der Waals surface area contributed by atoms with Crippen LogP contribution in [0.4, 0.5) is 5.13 Å². The van der Waals surface area contributed by atoms with Gasteiger partial charge in [-0.25, -0.2) is 4.98 Å². The number of hydrogen-bond donors (Lipinski definition) is 1. The molecule has 1 N–H and O–H groups in total. The molecule has 1 fully saturated rings. The first-order valence-electron chi connectivity index (χ1n) is 8.55. The monoisotopic (exact) mass is 357 g/mol. The second kappa shape index (κ2) is 7.35. The summed E-state index contributed by atoms with van der Waals surface area (Å²) >= 11 is 1.42. The van der Waals surface area contributed by atoms with E-state index in [2.05, 4.69) is 48.4 Å². The number of amides is 2. The third kappa shape index (κ3) is 4.07. The molecule has 1 aliphatic heterocycles. The van der Waals surface area contributed by atoms with E-state index in [9.17, 15) is 9.59 Å². The van der Waals surface area contributed by atoms with E-state index >= 15 is 0 Å². The zero-order chi connectivity index (χ0) is 18.0. The van der Waals surface area contributed by atoms with Crippen molar-refractivity contribution < 1.29 is 9.59 Å². The maximum absolute atomic E-state index is 12.2. The van der Waals surface area contributed by atoms with Crippen molar-refractivity contribution in [2.24, 2.45) is 0 Å². The molecule has 25 heavy (non-hydrogen) atoms. The predicted octanol–water partition coefficient (Wildman–Crippen LogP) is 3.88. The topological polar surface area (TPSA) is 62.3 Å². The number of thiazole rings is 1. The van der Waals surface area contributed by atoms with E-state index in [1.165, 1.54) is 16.9 Å². The molecule has 6 heteroatoms. The number of benzene rings is 1. The van der Waals surface area contributed by atoms with E-state index in [1.54, 1.807) is 11.9 Å². The van der Waals surface area contributed by atoms with Gasteiger partial charge in [0.1, 0.15) is 0 Å². The lowest BCUT2D eigenvalue weighted by atomic mass is 10.0. The number of carbonyl (C=O) groups excluding carboxylic acids is 2. The first-order chi connectivity index (χ1) is 11.9. The van der Waals surface area contributed by atoms with Crippen LogP contribution in [0.2, 0.25) is 0 Å². The van der Waals surface area contributed by atoms with Gasteiger partial charge in [-0.3, -0.25) is 9.59 Å². The zero-order valence-electron chi connectivity index (χ0n) is 14.8. The Balaban J connectivity index is 1.61. The number of rotatable bonds is 5. The van der Waals surface area contributed by atoms with Gasteiger partial charge in [0.05, 0.1) is 5.69 Å². The van der Waals surface area contributed by atoms with Gasteiger partial charge in [-0.15, -0.1) is 11.3 Å². The largest absolute Gasteiger partial charge is 0.342 e. The molecule has 1 atom stereocenters. The Hall–Kier alpha value is -2.21. The predicted molar refractivity (Wildman–Crippen MR) is 101 cm³/mol. The highest BCUT2D eigenvalue weighted by Crippen LogP contribution is 2.27. The number of nitrogens with one attached hydrogen (secondary N) is 1. The van der Waals surface area contributed by atoms with Crippen molar-refractivity contribution >= 4 is 28.3 Å². The number of nitrogens with zero attached hydrogens (tertiary/aromatic N) is 2. The molecule has 1 aliphatic rings. The first kappa shape index (κ1) is 17.6. The first-order valence-corrected chi connectivity index (χ1v) is 9.43. The minimum absolute atomic E-state index is 0.00416. The minimum Gasteiger partial charge on any atom is -0.342 e. The van der Waals surface area contributed by atoms with E-state index in [-0.39, 0.29) is 17.9 Å². The van der Waals surface area contributed by atoms with Gasteiger partial charge >= 0.3 is 0 Å². The summed E-state index contributed by atoms with van der Waals surface area (Å²) in [5.74, 6) is 0.515. The average Bonchev–Trinajstić information content (AvgIpc) is 3.17. The second-order valence-electron chi connectivity index (χ2n) is 6.76. The quantitative estimate of drug-likeness (QED) is 0.883. The molecule has 2 heterocycles. The lowest BCUT2D eigenvalue weighted by Gasteiger charge is -2.18. The molecular weight excluding hydrogens is 334 g/mol. The summed E-state index contributed by atoms with van der Waals surface area (Å²) in [7, 11) is 1.76. The summed E-state index contributed by atoms with van der Waals surface area (Å²) < 4.78 is 0. The van der Waals surface area contributed by atoms with Crippen molar-refractivity contribution in [3.05, 3.63) is 35.2 Å². The second-order valence-corrected chi connectivity index (χ2v) is 7.62. The lowest BCUT2D eigenvalue weighted by molar-refractivity contribution is -0.128. The van der Waals surface area contributed by atoms with Gasteiger partial charge in [0, 0.05) is 36.9 Å². The van der Waals surface area contributed by atoms with Gasteiger partial charge in [0.25, 0.3) is 0 Å². The molecule has 2 amide bonds. The summed E-state index contributed by atoms with van der Waals surface area (Å²) in [4.78, 5) is 29.9. The van der Waals surface area contributed by atoms with Crippen LogP contribution in [-0.4, -0.2) is 34.8 Å². The van der Waals surface area contributed by atoms with E-state index in [0.717, 1.165) is 17.7 Å². The zero-order valence-corrected chi connectivity index (χ0v) is 15.6. The molecule has 1 saturated heterocycles. The fourth-order valence-electron chi connectivity index (χ4n) is 2.99. The standard InChI is InChI=1S/C19H23N3O2S/c1-12(2)13-4-6-14(7-5-13)16-11-25-19(20-16)21-17(23)10-15-8-9-18(24)22(15)3/h4-7,11-12,15H,8-10H2,1-3H3,(H,20,21,23). The molecule has 132 valence electrons. The Kier molecular flexibility index (Phi) is 5.18. The summed E-state index contributed by atoms with van der Waals surface area (Å²) in [5, 5.41) is 5.40. The van der Waals surface area contributed by atoms with Crippen LogP contribution in [0.3, 0.4) is 0 Å². The summed E-state index contributed by atoms with van der Waals surface area (Å²) in [5.41, 5.74) is 3.20. The number of likely N-dealkylation sites (tertiary alicyclic amines) is 1. The van der Waals surface area contributed by atoms with Gasteiger partial charge in [0.2, 0.25) is 11.8 Å².